The standard InChI is InChI=1S/C11H15NO2/c1-12-7-11(13,8-12)9-3-5-10(14-2)6-4-9/h3-6,13H,7-8H2,1-2H3. The summed E-state index contributed by atoms with van der Waals surface area (Å²) in [5.41, 5.74) is 0.317. The van der Waals surface area contributed by atoms with Crippen LogP contribution in [-0.2, 0) is 5.60 Å². The predicted molar refractivity (Wildman–Crippen MR) is 54.4 cm³/mol. The van der Waals surface area contributed by atoms with Crippen LogP contribution in [0.3, 0.4) is 0 Å². The Hall–Kier alpha value is -1.06. The van der Waals surface area contributed by atoms with Gasteiger partial charge in [0.25, 0.3) is 0 Å². The van der Waals surface area contributed by atoms with Crippen LogP contribution in [0.15, 0.2) is 24.3 Å². The van der Waals surface area contributed by atoms with Crippen molar-refractivity contribution in [1.29, 1.82) is 0 Å². The Bertz CT molecular complexity index is 315. The fraction of sp³-hybridized carbons (Fsp3) is 0.455. The van der Waals surface area contributed by atoms with Crippen LogP contribution < -0.4 is 4.74 Å². The van der Waals surface area contributed by atoms with E-state index in [1.807, 2.05) is 31.3 Å². The van der Waals surface area contributed by atoms with Crippen LogP contribution in [0, 0.1) is 0 Å². The molecule has 76 valence electrons. The van der Waals surface area contributed by atoms with E-state index in [1.54, 1.807) is 7.11 Å². The van der Waals surface area contributed by atoms with E-state index in [0.717, 1.165) is 11.3 Å². The van der Waals surface area contributed by atoms with Crippen LogP contribution in [0.5, 0.6) is 5.75 Å². The van der Waals surface area contributed by atoms with Crippen molar-refractivity contribution in [3.05, 3.63) is 29.8 Å². The van der Waals surface area contributed by atoms with E-state index in [2.05, 4.69) is 4.90 Å². The first kappa shape index (κ1) is 9.49. The molecule has 0 unspecified atom stereocenters. The van der Waals surface area contributed by atoms with Gasteiger partial charge in [0.2, 0.25) is 0 Å². The Labute approximate surface area is 83.9 Å². The summed E-state index contributed by atoms with van der Waals surface area (Å²) in [7, 11) is 3.64. The highest BCUT2D eigenvalue weighted by atomic mass is 16.5. The van der Waals surface area contributed by atoms with Gasteiger partial charge in [-0.1, -0.05) is 12.1 Å². The lowest BCUT2D eigenvalue weighted by atomic mass is 9.87. The zero-order valence-corrected chi connectivity index (χ0v) is 8.53. The number of nitrogens with zero attached hydrogens (tertiary/aromatic N) is 1. The van der Waals surface area contributed by atoms with E-state index >= 15 is 0 Å². The minimum atomic E-state index is -0.652. The maximum Gasteiger partial charge on any atom is 0.118 e. The summed E-state index contributed by atoms with van der Waals surface area (Å²) in [5.74, 6) is 0.824. The molecule has 1 saturated heterocycles. The van der Waals surface area contributed by atoms with Gasteiger partial charge in [0.15, 0.2) is 0 Å². The zero-order chi connectivity index (χ0) is 10.2. The third-order valence-electron chi connectivity index (χ3n) is 2.69. The lowest BCUT2D eigenvalue weighted by molar-refractivity contribution is -0.0918. The Balaban J connectivity index is 2.17. The van der Waals surface area contributed by atoms with E-state index in [-0.39, 0.29) is 0 Å². The van der Waals surface area contributed by atoms with E-state index in [1.165, 1.54) is 0 Å². The van der Waals surface area contributed by atoms with Gasteiger partial charge in [-0.05, 0) is 24.7 Å². The molecule has 0 spiro atoms. The molecule has 14 heavy (non-hydrogen) atoms. The van der Waals surface area contributed by atoms with Gasteiger partial charge in [0, 0.05) is 13.1 Å². The molecule has 1 aliphatic heterocycles. The summed E-state index contributed by atoms with van der Waals surface area (Å²) in [5, 5.41) is 10.1. The van der Waals surface area contributed by atoms with E-state index < -0.39 is 5.60 Å². The fourth-order valence-electron chi connectivity index (χ4n) is 1.93. The highest BCUT2D eigenvalue weighted by Crippen LogP contribution is 2.31. The second-order valence-electron chi connectivity index (χ2n) is 3.93. The Morgan fingerprint density at radius 1 is 1.29 bits per heavy atom. The van der Waals surface area contributed by atoms with Crippen molar-refractivity contribution in [2.45, 2.75) is 5.60 Å². The van der Waals surface area contributed by atoms with Crippen molar-refractivity contribution >= 4 is 0 Å². The summed E-state index contributed by atoms with van der Waals surface area (Å²) in [6, 6.07) is 7.61. The molecule has 0 atom stereocenters. The molecule has 1 aromatic carbocycles. The number of β-amino-alcohol motifs (C(OH)–C–C–N with tert-alkyl or cyclic N) is 1. The van der Waals surface area contributed by atoms with Crippen molar-refractivity contribution < 1.29 is 9.84 Å². The Morgan fingerprint density at radius 3 is 2.29 bits per heavy atom. The first-order chi connectivity index (χ1) is 6.64. The van der Waals surface area contributed by atoms with Gasteiger partial charge in [-0.3, -0.25) is 4.90 Å². The molecule has 3 nitrogen and oxygen atoms in total. The fourth-order valence-corrected chi connectivity index (χ4v) is 1.93. The SMILES string of the molecule is COc1ccc(C2(O)CN(C)C2)cc1. The summed E-state index contributed by atoms with van der Waals surface area (Å²) >= 11 is 0. The molecule has 0 aliphatic carbocycles. The molecule has 0 bridgehead atoms. The summed E-state index contributed by atoms with van der Waals surface area (Å²) in [4.78, 5) is 2.09. The Kier molecular flexibility index (Phi) is 2.21. The second-order valence-corrected chi connectivity index (χ2v) is 3.93. The number of ether oxygens (including phenoxy) is 1. The number of likely N-dealkylation sites (N-methyl/N-ethyl adjacent to an activating group) is 1. The number of methoxy groups -OCH3 is 1. The van der Waals surface area contributed by atoms with E-state index in [4.69, 9.17) is 4.74 Å². The zero-order valence-electron chi connectivity index (χ0n) is 8.53. The van der Waals surface area contributed by atoms with Gasteiger partial charge >= 0.3 is 0 Å². The van der Waals surface area contributed by atoms with Crippen molar-refractivity contribution in [3.8, 4) is 5.75 Å². The van der Waals surface area contributed by atoms with Crippen LogP contribution in [0.2, 0.25) is 0 Å². The average molecular weight is 193 g/mol. The van der Waals surface area contributed by atoms with Crippen molar-refractivity contribution in [1.82, 2.24) is 4.90 Å². The highest BCUT2D eigenvalue weighted by molar-refractivity contribution is 5.32. The maximum atomic E-state index is 10.1. The van der Waals surface area contributed by atoms with Crippen molar-refractivity contribution in [2.75, 3.05) is 27.2 Å². The molecular weight excluding hydrogens is 178 g/mol. The molecular formula is C11H15NO2. The van der Waals surface area contributed by atoms with Crippen LogP contribution in [0.1, 0.15) is 5.56 Å². The number of hydrogen-bond donors (Lipinski definition) is 1. The van der Waals surface area contributed by atoms with Crippen LogP contribution in [-0.4, -0.2) is 37.3 Å². The largest absolute Gasteiger partial charge is 0.497 e. The Morgan fingerprint density at radius 2 is 1.86 bits per heavy atom. The summed E-state index contributed by atoms with van der Waals surface area (Å²) in [6.45, 7) is 1.42. The van der Waals surface area contributed by atoms with Crippen LogP contribution in [0.25, 0.3) is 0 Å². The topological polar surface area (TPSA) is 32.7 Å². The molecule has 0 saturated carbocycles. The molecule has 0 amide bonds. The molecule has 2 rings (SSSR count). The average Bonchev–Trinajstić information content (AvgIpc) is 2.16. The molecule has 3 heteroatoms. The smallest absolute Gasteiger partial charge is 0.118 e. The first-order valence-electron chi connectivity index (χ1n) is 4.69. The van der Waals surface area contributed by atoms with Gasteiger partial charge < -0.3 is 9.84 Å². The number of aliphatic hydroxyl groups is 1. The van der Waals surface area contributed by atoms with Crippen molar-refractivity contribution in [3.63, 3.8) is 0 Å². The lowest BCUT2D eigenvalue weighted by Gasteiger charge is -2.44. The van der Waals surface area contributed by atoms with Crippen LogP contribution >= 0.6 is 0 Å². The van der Waals surface area contributed by atoms with Gasteiger partial charge in [-0.25, -0.2) is 0 Å². The molecule has 0 radical (unpaired) electrons. The van der Waals surface area contributed by atoms with Gasteiger partial charge in [0.05, 0.1) is 7.11 Å². The quantitative estimate of drug-likeness (QED) is 0.755. The summed E-state index contributed by atoms with van der Waals surface area (Å²) in [6.07, 6.45) is 0. The number of benzene rings is 1. The van der Waals surface area contributed by atoms with E-state index in [0.29, 0.717) is 13.1 Å². The van der Waals surface area contributed by atoms with Crippen LogP contribution in [0.4, 0.5) is 0 Å². The minimum absolute atomic E-state index is 0.652. The second kappa shape index (κ2) is 3.26. The molecule has 0 aromatic heterocycles. The molecule has 1 N–H and O–H groups in total. The normalized spacial score (nSPS) is 20.2. The molecule has 1 heterocycles. The molecule has 1 aromatic rings. The lowest BCUT2D eigenvalue weighted by Crippen LogP contribution is -2.57. The van der Waals surface area contributed by atoms with Gasteiger partial charge in [-0.15, -0.1) is 0 Å². The summed E-state index contributed by atoms with van der Waals surface area (Å²) < 4.78 is 5.06. The minimum Gasteiger partial charge on any atom is -0.497 e. The maximum absolute atomic E-state index is 10.1. The number of hydrogen-bond acceptors (Lipinski definition) is 3. The number of rotatable bonds is 2. The highest BCUT2D eigenvalue weighted by Gasteiger charge is 2.40. The van der Waals surface area contributed by atoms with E-state index in [9.17, 15) is 5.11 Å². The molecule has 1 aliphatic rings. The third kappa shape index (κ3) is 1.49. The third-order valence-corrected chi connectivity index (χ3v) is 2.69. The monoisotopic (exact) mass is 193 g/mol. The van der Waals surface area contributed by atoms with Gasteiger partial charge in [0.1, 0.15) is 11.4 Å². The molecule has 1 fully saturated rings. The number of likely N-dealkylation sites (tertiary alicyclic amines) is 1. The first-order valence-corrected chi connectivity index (χ1v) is 4.69. The predicted octanol–water partition coefficient (Wildman–Crippen LogP) is 0.828. The van der Waals surface area contributed by atoms with Crippen molar-refractivity contribution in [2.24, 2.45) is 0 Å². The van der Waals surface area contributed by atoms with Gasteiger partial charge in [-0.2, -0.15) is 0 Å².